The number of carbonyl (C=O) groups is 1. The molecule has 1 amide bonds. The number of hydrogen-bond acceptors (Lipinski definition) is 6. The van der Waals surface area contributed by atoms with Gasteiger partial charge in [-0.05, 0) is 18.4 Å². The van der Waals surface area contributed by atoms with Crippen molar-refractivity contribution in [3.63, 3.8) is 0 Å². The summed E-state index contributed by atoms with van der Waals surface area (Å²) >= 11 is 0. The summed E-state index contributed by atoms with van der Waals surface area (Å²) in [7, 11) is 1.37. The van der Waals surface area contributed by atoms with Crippen molar-refractivity contribution in [1.82, 2.24) is 24.6 Å². The van der Waals surface area contributed by atoms with E-state index in [2.05, 4.69) is 15.1 Å². The second-order valence-corrected chi connectivity index (χ2v) is 9.60. The van der Waals surface area contributed by atoms with Crippen LogP contribution in [0.5, 0.6) is 5.75 Å². The van der Waals surface area contributed by atoms with Gasteiger partial charge in [0.25, 0.3) is 0 Å². The fourth-order valence-corrected chi connectivity index (χ4v) is 4.79. The highest BCUT2D eigenvalue weighted by molar-refractivity contribution is 5.92. The van der Waals surface area contributed by atoms with Gasteiger partial charge in [0, 0.05) is 44.5 Å². The van der Waals surface area contributed by atoms with Crippen molar-refractivity contribution in [3.8, 4) is 17.0 Å². The van der Waals surface area contributed by atoms with Gasteiger partial charge in [-0.2, -0.15) is 36.4 Å². The molecule has 1 saturated heterocycles. The van der Waals surface area contributed by atoms with Crippen LogP contribution in [0.25, 0.3) is 22.3 Å². The van der Waals surface area contributed by atoms with Crippen molar-refractivity contribution in [2.24, 2.45) is 13.0 Å². The van der Waals surface area contributed by atoms with Crippen LogP contribution in [0.3, 0.4) is 0 Å². The molecule has 1 aliphatic carbocycles. The number of carbonyl (C=O) groups excluding carboxylic acids is 1. The molecular formula is C23H20F8N6O2. The zero-order chi connectivity index (χ0) is 28.4. The molecule has 39 heavy (non-hydrogen) atoms. The van der Waals surface area contributed by atoms with Crippen LogP contribution in [0.4, 0.5) is 41.1 Å². The summed E-state index contributed by atoms with van der Waals surface area (Å²) in [5, 5.41) is 13.7. The summed E-state index contributed by atoms with van der Waals surface area (Å²) < 4.78 is 109. The van der Waals surface area contributed by atoms with E-state index in [1.54, 1.807) is 4.90 Å². The van der Waals surface area contributed by atoms with Crippen molar-refractivity contribution in [2.75, 3.05) is 24.5 Å². The number of hydrogen-bond donors (Lipinski definition) is 1. The largest absolute Gasteiger partial charge is 0.503 e. The molecule has 0 spiro atoms. The van der Waals surface area contributed by atoms with Crippen LogP contribution in [0, 0.1) is 17.6 Å². The molecule has 1 aromatic carbocycles. The van der Waals surface area contributed by atoms with E-state index in [0.29, 0.717) is 6.42 Å². The van der Waals surface area contributed by atoms with Crippen molar-refractivity contribution in [3.05, 3.63) is 29.5 Å². The fraction of sp³-hybridized carbons (Fsp3) is 0.478. The van der Waals surface area contributed by atoms with E-state index in [-0.39, 0.29) is 54.3 Å². The number of alkyl halides is 6. The van der Waals surface area contributed by atoms with Gasteiger partial charge in [-0.1, -0.05) is 12.8 Å². The number of piperazine rings is 1. The molecule has 2 aromatic heterocycles. The predicted molar refractivity (Wildman–Crippen MR) is 119 cm³/mol. The van der Waals surface area contributed by atoms with E-state index in [0.717, 1.165) is 28.6 Å². The number of rotatable bonds is 4. The van der Waals surface area contributed by atoms with E-state index < -0.39 is 52.8 Å². The van der Waals surface area contributed by atoms with Crippen LogP contribution in [0.15, 0.2) is 12.3 Å². The highest BCUT2D eigenvalue weighted by Gasteiger charge is 2.46. The zero-order valence-electron chi connectivity index (χ0n) is 20.1. The number of fused-ring (bicyclic) bond motifs is 1. The molecule has 8 nitrogen and oxygen atoms in total. The van der Waals surface area contributed by atoms with Crippen LogP contribution in [-0.4, -0.2) is 67.5 Å². The smallest absolute Gasteiger partial charge is 0.471 e. The van der Waals surface area contributed by atoms with Gasteiger partial charge < -0.3 is 14.9 Å². The molecule has 0 unspecified atom stereocenters. The quantitative estimate of drug-likeness (QED) is 0.473. The Balaban J connectivity index is 1.52. The summed E-state index contributed by atoms with van der Waals surface area (Å²) in [5.41, 5.74) is -3.05. The molecule has 0 bridgehead atoms. The van der Waals surface area contributed by atoms with E-state index in [4.69, 9.17) is 0 Å². The van der Waals surface area contributed by atoms with Gasteiger partial charge in [-0.15, -0.1) is 0 Å². The van der Waals surface area contributed by atoms with Crippen LogP contribution in [-0.2, 0) is 18.0 Å². The highest BCUT2D eigenvalue weighted by atomic mass is 19.4. The lowest BCUT2D eigenvalue weighted by atomic mass is 10.0. The number of nitrogens with zero attached hydrogens (tertiary/aromatic N) is 6. The topological polar surface area (TPSA) is 87.4 Å². The first-order valence-corrected chi connectivity index (χ1v) is 11.8. The van der Waals surface area contributed by atoms with E-state index in [1.807, 2.05) is 0 Å². The molecular weight excluding hydrogens is 544 g/mol. The Hall–Kier alpha value is -3.72. The number of aryl methyl sites for hydroxylation is 1. The minimum absolute atomic E-state index is 0.00910. The maximum Gasteiger partial charge on any atom is 0.471 e. The molecule has 2 fully saturated rings. The van der Waals surface area contributed by atoms with Crippen molar-refractivity contribution < 1.29 is 45.0 Å². The monoisotopic (exact) mass is 564 g/mol. The first-order chi connectivity index (χ1) is 18.2. The number of aromatic nitrogens is 4. The Labute approximate surface area is 214 Å². The number of amides is 1. The number of anilines is 1. The van der Waals surface area contributed by atoms with Gasteiger partial charge in [0.1, 0.15) is 5.69 Å². The summed E-state index contributed by atoms with van der Waals surface area (Å²) in [6.45, 7) is -0.449. The minimum atomic E-state index is -5.23. The standard InChI is InChI=1S/C23H20F8N6O2/c1-35-19-13(17(34-35)12-7-14(22(26,27)28)16(25)18(38)15(12)24)8-32-21(33-19)37-5-4-36(20(39)23(29,30)31)9-11(37)6-10-2-3-10/h7-8,10-11,38H,2-6,9H2,1H3/t11-/m0/s1. The Kier molecular flexibility index (Phi) is 6.33. The molecule has 2 aliphatic rings. The van der Waals surface area contributed by atoms with E-state index in [1.165, 1.54) is 7.05 Å². The Morgan fingerprint density at radius 2 is 1.79 bits per heavy atom. The van der Waals surface area contributed by atoms with Crippen LogP contribution < -0.4 is 4.90 Å². The maximum absolute atomic E-state index is 14.7. The first kappa shape index (κ1) is 26.9. The van der Waals surface area contributed by atoms with Gasteiger partial charge in [0.2, 0.25) is 5.95 Å². The third kappa shape index (κ3) is 4.91. The van der Waals surface area contributed by atoms with Crippen LogP contribution in [0.1, 0.15) is 24.8 Å². The lowest BCUT2D eigenvalue weighted by Crippen LogP contribution is -2.57. The second-order valence-electron chi connectivity index (χ2n) is 9.60. The number of phenolic OH excluding ortho intramolecular Hbond substituents is 1. The summed E-state index contributed by atoms with van der Waals surface area (Å²) in [4.78, 5) is 22.8. The van der Waals surface area contributed by atoms with Crippen molar-refractivity contribution in [1.29, 1.82) is 0 Å². The first-order valence-electron chi connectivity index (χ1n) is 11.8. The number of halogens is 8. The minimum Gasteiger partial charge on any atom is -0.503 e. The Bertz CT molecular complexity index is 1450. The lowest BCUT2D eigenvalue weighted by Gasteiger charge is -2.41. The molecule has 3 aromatic rings. The number of phenols is 1. The fourth-order valence-electron chi connectivity index (χ4n) is 4.79. The molecule has 1 atom stereocenters. The second kappa shape index (κ2) is 9.19. The van der Waals surface area contributed by atoms with Crippen molar-refractivity contribution in [2.45, 2.75) is 37.7 Å². The molecule has 210 valence electrons. The average molecular weight is 564 g/mol. The lowest BCUT2D eigenvalue weighted by molar-refractivity contribution is -0.186. The molecule has 3 heterocycles. The molecule has 1 aliphatic heterocycles. The summed E-state index contributed by atoms with van der Waals surface area (Å²) in [6.07, 6.45) is -6.78. The van der Waals surface area contributed by atoms with Crippen LogP contribution in [0.2, 0.25) is 0 Å². The Morgan fingerprint density at radius 1 is 1.10 bits per heavy atom. The third-order valence-corrected chi connectivity index (χ3v) is 6.88. The van der Waals surface area contributed by atoms with Crippen LogP contribution >= 0.6 is 0 Å². The van der Waals surface area contributed by atoms with Gasteiger partial charge >= 0.3 is 18.3 Å². The molecule has 5 rings (SSSR count). The summed E-state index contributed by atoms with van der Waals surface area (Å²) in [6, 6.07) is -0.327. The SMILES string of the molecule is Cn1nc(-c2cc(C(F)(F)F)c(F)c(O)c2F)c2cnc(N3CCN(C(=O)C(F)(F)F)C[C@@H]3CC3CC3)nc21. The number of aromatic hydroxyl groups is 1. The normalized spacial score (nSPS) is 18.7. The van der Waals surface area contributed by atoms with Gasteiger partial charge in [0.15, 0.2) is 23.0 Å². The molecule has 1 N–H and O–H groups in total. The highest BCUT2D eigenvalue weighted by Crippen LogP contribution is 2.42. The van der Waals surface area contributed by atoms with E-state index in [9.17, 15) is 45.0 Å². The zero-order valence-corrected chi connectivity index (χ0v) is 20.1. The van der Waals surface area contributed by atoms with Gasteiger partial charge in [-0.25, -0.2) is 18.4 Å². The van der Waals surface area contributed by atoms with Gasteiger partial charge in [-0.3, -0.25) is 4.79 Å². The average Bonchev–Trinajstić information content (AvgIpc) is 3.62. The van der Waals surface area contributed by atoms with Crippen molar-refractivity contribution >= 4 is 22.9 Å². The molecule has 0 radical (unpaired) electrons. The predicted octanol–water partition coefficient (Wildman–Crippen LogP) is 4.41. The third-order valence-electron chi connectivity index (χ3n) is 6.88. The number of benzene rings is 1. The summed E-state index contributed by atoms with van der Waals surface area (Å²) in [5.74, 6) is -7.20. The molecule has 16 heteroatoms. The molecule has 1 saturated carbocycles. The Morgan fingerprint density at radius 3 is 2.41 bits per heavy atom. The van der Waals surface area contributed by atoms with E-state index >= 15 is 0 Å². The van der Waals surface area contributed by atoms with Gasteiger partial charge in [0.05, 0.1) is 10.9 Å². The maximum atomic E-state index is 14.7.